The second-order valence-corrected chi connectivity index (χ2v) is 4.97. The zero-order chi connectivity index (χ0) is 16.1. The van der Waals surface area contributed by atoms with Crippen LogP contribution in [0.5, 0.6) is 0 Å². The van der Waals surface area contributed by atoms with Crippen molar-refractivity contribution in [3.8, 4) is 0 Å². The minimum absolute atomic E-state index is 0.105. The fourth-order valence-corrected chi connectivity index (χ4v) is 2.60. The van der Waals surface area contributed by atoms with Gasteiger partial charge in [0.15, 0.2) is 11.4 Å². The van der Waals surface area contributed by atoms with Crippen molar-refractivity contribution >= 4 is 17.7 Å². The normalized spacial score (nSPS) is 22.5. The third kappa shape index (κ3) is 2.81. The van der Waals surface area contributed by atoms with E-state index in [1.165, 1.54) is 0 Å². The molecule has 1 aliphatic rings. The molecule has 1 heterocycles. The van der Waals surface area contributed by atoms with Crippen LogP contribution in [0.15, 0.2) is 0 Å². The number of Topliss-reactive ketones (excluding diaryl/α,β-unsaturated/α-hetero) is 1. The van der Waals surface area contributed by atoms with Gasteiger partial charge in [0.2, 0.25) is 0 Å². The van der Waals surface area contributed by atoms with Gasteiger partial charge in [-0.25, -0.2) is 9.59 Å². The van der Waals surface area contributed by atoms with Crippen molar-refractivity contribution in [2.24, 2.45) is 0 Å². The number of ether oxygens (including phenoxy) is 3. The minimum atomic E-state index is -1.92. The molecule has 0 saturated carbocycles. The first-order valence-corrected chi connectivity index (χ1v) is 7.54. The van der Waals surface area contributed by atoms with Crippen LogP contribution in [0.1, 0.15) is 53.4 Å². The Morgan fingerprint density at radius 2 is 1.43 bits per heavy atom. The van der Waals surface area contributed by atoms with Crippen LogP contribution in [0, 0.1) is 0 Å². The molecule has 0 spiro atoms. The van der Waals surface area contributed by atoms with Crippen molar-refractivity contribution in [1.82, 2.24) is 0 Å². The summed E-state index contributed by atoms with van der Waals surface area (Å²) >= 11 is 0. The van der Waals surface area contributed by atoms with E-state index >= 15 is 0 Å². The Morgan fingerprint density at radius 1 is 0.905 bits per heavy atom. The number of hydrogen-bond donors (Lipinski definition) is 0. The van der Waals surface area contributed by atoms with Gasteiger partial charge in [0, 0.05) is 6.42 Å². The molecule has 0 bridgehead atoms. The van der Waals surface area contributed by atoms with Crippen molar-refractivity contribution in [3.63, 3.8) is 0 Å². The van der Waals surface area contributed by atoms with Gasteiger partial charge in [-0.3, -0.25) is 4.79 Å². The van der Waals surface area contributed by atoms with E-state index in [0.29, 0.717) is 19.3 Å². The smallest absolute Gasteiger partial charge is 0.354 e. The van der Waals surface area contributed by atoms with Crippen LogP contribution in [0.25, 0.3) is 0 Å². The molecule has 0 aromatic carbocycles. The van der Waals surface area contributed by atoms with Crippen LogP contribution in [0.2, 0.25) is 0 Å². The fraction of sp³-hybridized carbons (Fsp3) is 0.800. The lowest BCUT2D eigenvalue weighted by Crippen LogP contribution is -2.47. The summed E-state index contributed by atoms with van der Waals surface area (Å²) in [7, 11) is 0. The molecule has 1 atom stereocenters. The summed E-state index contributed by atoms with van der Waals surface area (Å²) in [4.78, 5) is 36.9. The Balaban J connectivity index is 3.17. The molecule has 0 aromatic heterocycles. The van der Waals surface area contributed by atoms with Crippen molar-refractivity contribution in [3.05, 3.63) is 0 Å². The highest BCUT2D eigenvalue weighted by Crippen LogP contribution is 2.54. The molecule has 0 aliphatic carbocycles. The molecule has 0 radical (unpaired) electrons. The van der Waals surface area contributed by atoms with Crippen LogP contribution in [0.4, 0.5) is 0 Å². The van der Waals surface area contributed by atoms with Gasteiger partial charge in [0.05, 0.1) is 13.2 Å². The van der Waals surface area contributed by atoms with E-state index in [1.54, 1.807) is 13.8 Å². The SMILES string of the molecule is CCCC(=O)[C@@]1(CCC)OC1(C(=O)OCC)C(=O)OCC. The molecule has 1 rings (SSSR count). The van der Waals surface area contributed by atoms with Crippen molar-refractivity contribution in [1.29, 1.82) is 0 Å². The summed E-state index contributed by atoms with van der Waals surface area (Å²) in [6.45, 7) is 7.20. The lowest BCUT2D eigenvalue weighted by atomic mass is 9.83. The molecule has 120 valence electrons. The molecule has 0 amide bonds. The third-order valence-electron chi connectivity index (χ3n) is 3.51. The van der Waals surface area contributed by atoms with Crippen molar-refractivity contribution in [2.45, 2.75) is 64.6 Å². The second kappa shape index (κ2) is 7.02. The fourth-order valence-electron chi connectivity index (χ4n) is 2.60. The minimum Gasteiger partial charge on any atom is -0.463 e. The number of carbonyl (C=O) groups excluding carboxylic acids is 3. The first-order valence-electron chi connectivity index (χ1n) is 7.54. The highest BCUT2D eigenvalue weighted by atomic mass is 16.7. The van der Waals surface area contributed by atoms with Crippen LogP contribution in [-0.2, 0) is 28.6 Å². The van der Waals surface area contributed by atoms with E-state index in [1.807, 2.05) is 13.8 Å². The second-order valence-electron chi connectivity index (χ2n) is 4.97. The molecular formula is C15H24O6. The molecule has 1 saturated heterocycles. The highest BCUT2D eigenvalue weighted by Gasteiger charge is 2.84. The molecular weight excluding hydrogens is 276 g/mol. The van der Waals surface area contributed by atoms with Gasteiger partial charge in [-0.2, -0.15) is 0 Å². The predicted octanol–water partition coefficient (Wildman–Crippen LogP) is 1.79. The van der Waals surface area contributed by atoms with Crippen LogP contribution in [-0.4, -0.2) is 42.1 Å². The third-order valence-corrected chi connectivity index (χ3v) is 3.51. The van der Waals surface area contributed by atoms with E-state index in [2.05, 4.69) is 0 Å². The highest BCUT2D eigenvalue weighted by molar-refractivity contribution is 6.16. The topological polar surface area (TPSA) is 82.2 Å². The summed E-state index contributed by atoms with van der Waals surface area (Å²) in [5.74, 6) is -1.91. The molecule has 1 aliphatic heterocycles. The van der Waals surface area contributed by atoms with Crippen molar-refractivity contribution in [2.75, 3.05) is 13.2 Å². The summed E-state index contributed by atoms with van der Waals surface area (Å²) in [6, 6.07) is 0. The van der Waals surface area contributed by atoms with E-state index in [-0.39, 0.29) is 25.4 Å². The Labute approximate surface area is 125 Å². The Bertz CT molecular complexity index is 398. The molecule has 0 unspecified atom stereocenters. The summed E-state index contributed by atoms with van der Waals surface area (Å²) in [5.41, 5.74) is -3.34. The van der Waals surface area contributed by atoms with Crippen LogP contribution < -0.4 is 0 Å². The zero-order valence-electron chi connectivity index (χ0n) is 13.2. The number of carbonyl (C=O) groups is 3. The predicted molar refractivity (Wildman–Crippen MR) is 74.6 cm³/mol. The maximum Gasteiger partial charge on any atom is 0.354 e. The van der Waals surface area contributed by atoms with Gasteiger partial charge in [-0.1, -0.05) is 20.3 Å². The quantitative estimate of drug-likeness (QED) is 0.367. The number of rotatable bonds is 9. The van der Waals surface area contributed by atoms with Crippen LogP contribution >= 0.6 is 0 Å². The van der Waals surface area contributed by atoms with Gasteiger partial charge in [-0.15, -0.1) is 0 Å². The Morgan fingerprint density at radius 3 is 1.81 bits per heavy atom. The molecule has 0 N–H and O–H groups in total. The van der Waals surface area contributed by atoms with Gasteiger partial charge < -0.3 is 14.2 Å². The Hall–Kier alpha value is -1.43. The standard InChI is InChI=1S/C15H24O6/c1-5-9-11(16)14(10-6-2)15(21-14,12(17)19-7-3)13(18)20-8-4/h5-10H2,1-4H3/t14-/m1/s1. The monoisotopic (exact) mass is 300 g/mol. The average Bonchev–Trinajstić information content (AvgIpc) is 3.12. The summed E-state index contributed by atoms with van der Waals surface area (Å²) in [5, 5.41) is 0. The summed E-state index contributed by atoms with van der Waals surface area (Å²) < 4.78 is 15.4. The number of esters is 2. The number of epoxide rings is 1. The van der Waals surface area contributed by atoms with Crippen LogP contribution in [0.3, 0.4) is 0 Å². The molecule has 21 heavy (non-hydrogen) atoms. The molecule has 6 nitrogen and oxygen atoms in total. The molecule has 1 fully saturated rings. The van der Waals surface area contributed by atoms with E-state index in [9.17, 15) is 14.4 Å². The average molecular weight is 300 g/mol. The van der Waals surface area contributed by atoms with E-state index in [0.717, 1.165) is 0 Å². The van der Waals surface area contributed by atoms with Gasteiger partial charge in [-0.05, 0) is 26.7 Å². The van der Waals surface area contributed by atoms with E-state index in [4.69, 9.17) is 14.2 Å². The van der Waals surface area contributed by atoms with Gasteiger partial charge in [0.1, 0.15) is 0 Å². The van der Waals surface area contributed by atoms with Gasteiger partial charge in [0.25, 0.3) is 5.60 Å². The maximum atomic E-state index is 12.4. The van der Waals surface area contributed by atoms with Gasteiger partial charge >= 0.3 is 11.9 Å². The first-order chi connectivity index (χ1) is 9.96. The first kappa shape index (κ1) is 17.6. The largest absolute Gasteiger partial charge is 0.463 e. The maximum absolute atomic E-state index is 12.4. The number of hydrogen-bond acceptors (Lipinski definition) is 6. The molecule has 0 aromatic rings. The molecule has 6 heteroatoms. The lowest BCUT2D eigenvalue weighted by Gasteiger charge is -2.16. The van der Waals surface area contributed by atoms with E-state index < -0.39 is 23.1 Å². The summed E-state index contributed by atoms with van der Waals surface area (Å²) in [6.07, 6.45) is 1.77. The van der Waals surface area contributed by atoms with Crippen molar-refractivity contribution < 1.29 is 28.6 Å². The lowest BCUT2D eigenvalue weighted by molar-refractivity contribution is -0.164. The number of ketones is 1. The zero-order valence-corrected chi connectivity index (χ0v) is 13.2. The Kier molecular flexibility index (Phi) is 5.89.